The normalized spacial score (nSPS) is 22.2. The van der Waals surface area contributed by atoms with Crippen molar-refractivity contribution in [2.45, 2.75) is 50.8 Å². The van der Waals surface area contributed by atoms with Crippen molar-refractivity contribution < 1.29 is 4.39 Å². The van der Waals surface area contributed by atoms with Gasteiger partial charge in [0.15, 0.2) is 0 Å². The zero-order chi connectivity index (χ0) is 14.0. The molecule has 2 aliphatic rings. The van der Waals surface area contributed by atoms with Crippen molar-refractivity contribution in [3.63, 3.8) is 0 Å². The van der Waals surface area contributed by atoms with Gasteiger partial charge < -0.3 is 4.90 Å². The Morgan fingerprint density at radius 3 is 2.35 bits per heavy atom. The van der Waals surface area contributed by atoms with Crippen LogP contribution in [-0.4, -0.2) is 13.1 Å². The number of benzene rings is 1. The topological polar surface area (TPSA) is 3.24 Å². The van der Waals surface area contributed by atoms with E-state index in [4.69, 9.17) is 11.6 Å². The van der Waals surface area contributed by atoms with Gasteiger partial charge in [0.05, 0.1) is 5.69 Å². The smallest absolute Gasteiger partial charge is 0.146 e. The van der Waals surface area contributed by atoms with Crippen LogP contribution in [0.2, 0.25) is 0 Å². The summed E-state index contributed by atoms with van der Waals surface area (Å²) < 4.78 is 14.2. The molecular formula is C17H23ClFN. The molecule has 1 nitrogen and oxygen atoms in total. The van der Waals surface area contributed by atoms with Crippen LogP contribution in [0.3, 0.4) is 0 Å². The number of piperidine rings is 1. The van der Waals surface area contributed by atoms with Crippen molar-refractivity contribution in [1.82, 2.24) is 0 Å². The first-order valence-corrected chi connectivity index (χ1v) is 8.35. The lowest BCUT2D eigenvalue weighted by molar-refractivity contribution is 0.144. The Bertz CT molecular complexity index is 458. The fourth-order valence-corrected chi connectivity index (χ4v) is 4.08. The van der Waals surface area contributed by atoms with E-state index in [-0.39, 0.29) is 5.82 Å². The first-order valence-electron chi connectivity index (χ1n) is 7.82. The van der Waals surface area contributed by atoms with Gasteiger partial charge >= 0.3 is 0 Å². The van der Waals surface area contributed by atoms with Crippen LogP contribution in [0.1, 0.15) is 50.5 Å². The molecule has 110 valence electrons. The van der Waals surface area contributed by atoms with Crippen LogP contribution in [0.15, 0.2) is 18.2 Å². The van der Waals surface area contributed by atoms with E-state index in [1.807, 2.05) is 12.1 Å². The van der Waals surface area contributed by atoms with Gasteiger partial charge in [-0.25, -0.2) is 4.39 Å². The molecule has 0 radical (unpaired) electrons. The summed E-state index contributed by atoms with van der Waals surface area (Å²) in [5.41, 5.74) is 2.18. The van der Waals surface area contributed by atoms with E-state index in [0.29, 0.717) is 11.3 Å². The summed E-state index contributed by atoms with van der Waals surface area (Å²) in [5, 5.41) is 0. The van der Waals surface area contributed by atoms with Gasteiger partial charge in [-0.05, 0) is 48.8 Å². The van der Waals surface area contributed by atoms with Gasteiger partial charge in [0.25, 0.3) is 0 Å². The molecule has 3 heteroatoms. The van der Waals surface area contributed by atoms with Gasteiger partial charge in [0, 0.05) is 19.0 Å². The highest BCUT2D eigenvalue weighted by atomic mass is 35.5. The van der Waals surface area contributed by atoms with Crippen molar-refractivity contribution in [3.05, 3.63) is 29.6 Å². The molecule has 2 fully saturated rings. The molecule has 1 heterocycles. The Balaban J connectivity index is 1.68. The van der Waals surface area contributed by atoms with Gasteiger partial charge in [0.1, 0.15) is 5.82 Å². The molecule has 0 amide bonds. The number of halogens is 2. The van der Waals surface area contributed by atoms with E-state index >= 15 is 0 Å². The zero-order valence-electron chi connectivity index (χ0n) is 12.0. The fraction of sp³-hybridized carbons (Fsp3) is 0.647. The Labute approximate surface area is 126 Å². The lowest BCUT2D eigenvalue weighted by atomic mass is 9.68. The van der Waals surface area contributed by atoms with Crippen molar-refractivity contribution in [2.75, 3.05) is 18.0 Å². The molecule has 1 saturated carbocycles. The van der Waals surface area contributed by atoms with Crippen molar-refractivity contribution in [2.24, 2.45) is 5.41 Å². The van der Waals surface area contributed by atoms with Crippen LogP contribution < -0.4 is 4.90 Å². The van der Waals surface area contributed by atoms with Crippen LogP contribution in [0.5, 0.6) is 0 Å². The van der Waals surface area contributed by atoms with Crippen molar-refractivity contribution >= 4 is 17.3 Å². The maximum atomic E-state index is 14.2. The van der Waals surface area contributed by atoms with Crippen LogP contribution in [0.25, 0.3) is 0 Å². The Morgan fingerprint density at radius 2 is 1.75 bits per heavy atom. The predicted octanol–water partition coefficient (Wildman–Crippen LogP) is 5.12. The minimum Gasteiger partial charge on any atom is -0.369 e. The number of anilines is 1. The molecular weight excluding hydrogens is 273 g/mol. The molecule has 0 N–H and O–H groups in total. The second kappa shape index (κ2) is 5.93. The number of hydrogen-bond acceptors (Lipinski definition) is 1. The maximum Gasteiger partial charge on any atom is 0.146 e. The first-order chi connectivity index (χ1) is 9.72. The SMILES string of the molecule is Fc1cc(CCl)ccc1N1CCC2(CCCCC2)CC1. The summed E-state index contributed by atoms with van der Waals surface area (Å²) in [7, 11) is 0. The average molecular weight is 296 g/mol. The average Bonchev–Trinajstić information content (AvgIpc) is 2.49. The van der Waals surface area contributed by atoms with E-state index in [9.17, 15) is 4.39 Å². The van der Waals surface area contributed by atoms with E-state index in [0.717, 1.165) is 24.3 Å². The summed E-state index contributed by atoms with van der Waals surface area (Å²) in [6.45, 7) is 1.99. The molecule has 0 aromatic heterocycles. The van der Waals surface area contributed by atoms with E-state index in [2.05, 4.69) is 4.90 Å². The minimum atomic E-state index is -0.122. The molecule has 0 bridgehead atoms. The zero-order valence-corrected chi connectivity index (χ0v) is 12.8. The molecule has 0 unspecified atom stereocenters. The van der Waals surface area contributed by atoms with Gasteiger partial charge in [-0.1, -0.05) is 25.3 Å². The summed E-state index contributed by atoms with van der Waals surface area (Å²) >= 11 is 5.75. The maximum absolute atomic E-state index is 14.2. The molecule has 1 saturated heterocycles. The third-order valence-corrected chi connectivity index (χ3v) is 5.55. The van der Waals surface area contributed by atoms with Gasteiger partial charge in [-0.3, -0.25) is 0 Å². The van der Waals surface area contributed by atoms with E-state index in [1.165, 1.54) is 44.9 Å². The quantitative estimate of drug-likeness (QED) is 0.685. The summed E-state index contributed by atoms with van der Waals surface area (Å²) in [6.07, 6.45) is 9.40. The van der Waals surface area contributed by atoms with Crippen LogP contribution in [0.4, 0.5) is 10.1 Å². The lowest BCUT2D eigenvalue weighted by Crippen LogP contribution is -2.41. The highest BCUT2D eigenvalue weighted by Crippen LogP contribution is 2.45. The first kappa shape index (κ1) is 14.2. The standard InChI is InChI=1S/C17H23ClFN/c18-13-14-4-5-16(15(19)12-14)20-10-8-17(9-11-20)6-2-1-3-7-17/h4-5,12H,1-3,6-11,13H2. The van der Waals surface area contributed by atoms with Crippen LogP contribution in [-0.2, 0) is 5.88 Å². The largest absolute Gasteiger partial charge is 0.369 e. The Hall–Kier alpha value is -0.760. The van der Waals surface area contributed by atoms with Crippen molar-refractivity contribution in [1.29, 1.82) is 0 Å². The second-order valence-electron chi connectivity index (χ2n) is 6.47. The summed E-state index contributed by atoms with van der Waals surface area (Å²) in [5.74, 6) is 0.253. The molecule has 0 atom stereocenters. The summed E-state index contributed by atoms with van der Waals surface area (Å²) in [6, 6.07) is 5.41. The van der Waals surface area contributed by atoms with Crippen LogP contribution in [0, 0.1) is 11.2 Å². The Morgan fingerprint density at radius 1 is 1.05 bits per heavy atom. The molecule has 1 aromatic carbocycles. The third kappa shape index (κ3) is 2.81. The predicted molar refractivity (Wildman–Crippen MR) is 82.9 cm³/mol. The molecule has 3 rings (SSSR count). The van der Waals surface area contributed by atoms with Gasteiger partial charge in [0.2, 0.25) is 0 Å². The number of rotatable bonds is 2. The van der Waals surface area contributed by atoms with Gasteiger partial charge in [-0.15, -0.1) is 11.6 Å². The van der Waals surface area contributed by atoms with Gasteiger partial charge in [-0.2, -0.15) is 0 Å². The van der Waals surface area contributed by atoms with E-state index < -0.39 is 0 Å². The number of alkyl halides is 1. The highest BCUT2D eigenvalue weighted by Gasteiger charge is 2.35. The Kier molecular flexibility index (Phi) is 4.21. The molecule has 1 spiro atoms. The molecule has 20 heavy (non-hydrogen) atoms. The molecule has 1 aliphatic heterocycles. The fourth-order valence-electron chi connectivity index (χ4n) is 3.91. The minimum absolute atomic E-state index is 0.122. The lowest BCUT2D eigenvalue weighted by Gasteiger charge is -2.45. The molecule has 1 aliphatic carbocycles. The highest BCUT2D eigenvalue weighted by molar-refractivity contribution is 6.17. The third-order valence-electron chi connectivity index (χ3n) is 5.25. The molecule has 1 aromatic rings. The van der Waals surface area contributed by atoms with Crippen LogP contribution >= 0.6 is 11.6 Å². The monoisotopic (exact) mass is 295 g/mol. The number of nitrogens with zero attached hydrogens (tertiary/aromatic N) is 1. The number of hydrogen-bond donors (Lipinski definition) is 0. The van der Waals surface area contributed by atoms with E-state index in [1.54, 1.807) is 6.07 Å². The van der Waals surface area contributed by atoms with Crippen molar-refractivity contribution in [3.8, 4) is 0 Å². The summed E-state index contributed by atoms with van der Waals surface area (Å²) in [4.78, 5) is 2.22. The second-order valence-corrected chi connectivity index (χ2v) is 6.73.